The van der Waals surface area contributed by atoms with Crippen molar-refractivity contribution in [1.82, 2.24) is 5.43 Å². The van der Waals surface area contributed by atoms with E-state index in [9.17, 15) is 4.79 Å². The van der Waals surface area contributed by atoms with Crippen molar-refractivity contribution in [3.05, 3.63) is 53.6 Å². The Balaban J connectivity index is 2.20. The number of carbonyl (C=O) groups is 1. The predicted octanol–water partition coefficient (Wildman–Crippen LogP) is 2.09. The molecule has 7 nitrogen and oxygen atoms in total. The Morgan fingerprint density at radius 1 is 1.12 bits per heavy atom. The smallest absolute Gasteiger partial charge is 0.347 e. The van der Waals surface area contributed by atoms with Crippen LogP contribution in [0.5, 0.6) is 17.2 Å². The molecule has 2 rings (SSSR count). The molecule has 0 heterocycles. The third-order valence-corrected chi connectivity index (χ3v) is 3.20. The van der Waals surface area contributed by atoms with E-state index >= 15 is 0 Å². The van der Waals surface area contributed by atoms with Gasteiger partial charge in [-0.1, -0.05) is 12.1 Å². The van der Waals surface area contributed by atoms with E-state index in [2.05, 4.69) is 22.7 Å². The standard InChI is InChI=1S/C17H17N3O4S/c1-22-13-6-4-3-5-12(13)16(21)24-14-8-7-11(9-15(14)23-2)10-19-20-17(18)25/h3-10H,1-2H3,(H3,18,20,25)/b19-10+. The number of benzene rings is 2. The Bertz CT molecular complexity index is 808. The Morgan fingerprint density at radius 3 is 2.52 bits per heavy atom. The molecule has 3 N–H and O–H groups in total. The minimum absolute atomic E-state index is 0.0607. The van der Waals surface area contributed by atoms with Crippen molar-refractivity contribution in [3.8, 4) is 17.2 Å². The van der Waals surface area contributed by atoms with E-state index < -0.39 is 5.97 Å². The lowest BCUT2D eigenvalue weighted by Gasteiger charge is -2.11. The first-order valence-corrected chi connectivity index (χ1v) is 7.57. The first-order chi connectivity index (χ1) is 12.0. The quantitative estimate of drug-likeness (QED) is 0.268. The minimum atomic E-state index is -0.549. The maximum Gasteiger partial charge on any atom is 0.347 e. The van der Waals surface area contributed by atoms with E-state index in [1.165, 1.54) is 20.4 Å². The number of methoxy groups -OCH3 is 2. The van der Waals surface area contributed by atoms with Crippen LogP contribution in [0.2, 0.25) is 0 Å². The molecule has 0 saturated carbocycles. The van der Waals surface area contributed by atoms with Crippen LogP contribution in [0.1, 0.15) is 15.9 Å². The fourth-order valence-corrected chi connectivity index (χ4v) is 2.04. The summed E-state index contributed by atoms with van der Waals surface area (Å²) in [7, 11) is 2.96. The lowest BCUT2D eigenvalue weighted by atomic mass is 10.2. The molecular formula is C17H17N3O4S. The van der Waals surface area contributed by atoms with Crippen LogP contribution in [0.25, 0.3) is 0 Å². The number of hydrogen-bond donors (Lipinski definition) is 2. The van der Waals surface area contributed by atoms with Crippen molar-refractivity contribution in [2.75, 3.05) is 14.2 Å². The SMILES string of the molecule is COc1cc(/C=N/NC(N)=S)ccc1OC(=O)c1ccccc1OC. The maximum atomic E-state index is 12.4. The minimum Gasteiger partial charge on any atom is -0.496 e. The molecule has 0 bridgehead atoms. The highest BCUT2D eigenvalue weighted by atomic mass is 32.1. The molecule has 0 radical (unpaired) electrons. The Labute approximate surface area is 150 Å². The van der Waals surface area contributed by atoms with E-state index in [0.29, 0.717) is 22.6 Å². The zero-order chi connectivity index (χ0) is 18.2. The molecule has 0 aliphatic carbocycles. The molecule has 0 saturated heterocycles. The first kappa shape index (κ1) is 18.2. The van der Waals surface area contributed by atoms with Crippen LogP contribution in [0.3, 0.4) is 0 Å². The van der Waals surface area contributed by atoms with Gasteiger partial charge in [-0.15, -0.1) is 0 Å². The molecule has 0 aliphatic rings. The van der Waals surface area contributed by atoms with Gasteiger partial charge in [-0.05, 0) is 48.1 Å². The van der Waals surface area contributed by atoms with Crippen LogP contribution in [0, 0.1) is 0 Å². The molecule has 0 unspecified atom stereocenters. The Morgan fingerprint density at radius 2 is 1.84 bits per heavy atom. The number of rotatable bonds is 6. The zero-order valence-corrected chi connectivity index (χ0v) is 14.5. The normalized spacial score (nSPS) is 10.3. The van der Waals surface area contributed by atoms with Crippen molar-refractivity contribution in [2.45, 2.75) is 0 Å². The van der Waals surface area contributed by atoms with Gasteiger partial charge >= 0.3 is 5.97 Å². The maximum absolute atomic E-state index is 12.4. The number of nitrogens with one attached hydrogen (secondary N) is 1. The average Bonchev–Trinajstić information content (AvgIpc) is 2.62. The van der Waals surface area contributed by atoms with E-state index in [1.807, 2.05) is 0 Å². The highest BCUT2D eigenvalue weighted by molar-refractivity contribution is 7.80. The van der Waals surface area contributed by atoms with Crippen LogP contribution in [-0.4, -0.2) is 31.5 Å². The van der Waals surface area contributed by atoms with E-state index in [4.69, 9.17) is 19.9 Å². The van der Waals surface area contributed by atoms with Crippen LogP contribution in [0.15, 0.2) is 47.6 Å². The van der Waals surface area contributed by atoms with E-state index in [0.717, 1.165) is 0 Å². The lowest BCUT2D eigenvalue weighted by Crippen LogP contribution is -2.23. The monoisotopic (exact) mass is 359 g/mol. The number of esters is 1. The second kappa shape index (κ2) is 8.65. The van der Waals surface area contributed by atoms with Gasteiger partial charge in [0.15, 0.2) is 16.6 Å². The second-order valence-electron chi connectivity index (χ2n) is 4.73. The molecule has 0 amide bonds. The van der Waals surface area contributed by atoms with Crippen LogP contribution >= 0.6 is 12.2 Å². The van der Waals surface area contributed by atoms with Gasteiger partial charge < -0.3 is 19.9 Å². The van der Waals surface area contributed by atoms with Gasteiger partial charge in [0.05, 0.1) is 20.4 Å². The fourth-order valence-electron chi connectivity index (χ4n) is 1.99. The Hall–Kier alpha value is -3.13. The number of para-hydroxylation sites is 1. The fraction of sp³-hybridized carbons (Fsp3) is 0.118. The molecule has 0 atom stereocenters. The average molecular weight is 359 g/mol. The lowest BCUT2D eigenvalue weighted by molar-refractivity contribution is 0.0726. The van der Waals surface area contributed by atoms with Gasteiger partial charge in [-0.25, -0.2) is 4.79 Å². The van der Waals surface area contributed by atoms with Gasteiger partial charge in [0.25, 0.3) is 0 Å². The summed E-state index contributed by atoms with van der Waals surface area (Å²) in [5.74, 6) is 0.534. The molecule has 0 spiro atoms. The van der Waals surface area contributed by atoms with Gasteiger partial charge in [0, 0.05) is 0 Å². The van der Waals surface area contributed by atoms with Gasteiger partial charge in [-0.2, -0.15) is 5.10 Å². The van der Waals surface area contributed by atoms with E-state index in [-0.39, 0.29) is 10.9 Å². The summed E-state index contributed by atoms with van der Waals surface area (Å²) >= 11 is 4.66. The molecule has 0 aliphatic heterocycles. The molecule has 0 fully saturated rings. The topological polar surface area (TPSA) is 95.2 Å². The summed E-state index contributed by atoms with van der Waals surface area (Å²) in [6, 6.07) is 11.8. The number of carbonyl (C=O) groups excluding carboxylic acids is 1. The van der Waals surface area contributed by atoms with Crippen molar-refractivity contribution in [2.24, 2.45) is 10.8 Å². The Kier molecular flexibility index (Phi) is 6.30. The van der Waals surface area contributed by atoms with Crippen molar-refractivity contribution >= 4 is 29.5 Å². The largest absolute Gasteiger partial charge is 0.496 e. The van der Waals surface area contributed by atoms with Crippen molar-refractivity contribution < 1.29 is 19.0 Å². The molecule has 0 aromatic heterocycles. The third-order valence-electron chi connectivity index (χ3n) is 3.11. The molecule has 2 aromatic carbocycles. The number of hydrogen-bond acceptors (Lipinski definition) is 6. The summed E-state index contributed by atoms with van der Waals surface area (Å²) in [5, 5.41) is 3.92. The van der Waals surface area contributed by atoms with Gasteiger partial charge in [0.2, 0.25) is 0 Å². The highest BCUT2D eigenvalue weighted by Crippen LogP contribution is 2.29. The summed E-state index contributed by atoms with van der Waals surface area (Å²) in [6.45, 7) is 0. The van der Waals surface area contributed by atoms with Crippen LogP contribution < -0.4 is 25.4 Å². The zero-order valence-electron chi connectivity index (χ0n) is 13.7. The number of nitrogens with two attached hydrogens (primary N) is 1. The number of thiocarbonyl (C=S) groups is 1. The number of ether oxygens (including phenoxy) is 3. The first-order valence-electron chi connectivity index (χ1n) is 7.17. The summed E-state index contributed by atoms with van der Waals surface area (Å²) < 4.78 is 15.8. The number of nitrogens with zero attached hydrogens (tertiary/aromatic N) is 1. The molecule has 2 aromatic rings. The predicted molar refractivity (Wildman–Crippen MR) is 98.5 cm³/mol. The molecular weight excluding hydrogens is 342 g/mol. The molecule has 8 heteroatoms. The van der Waals surface area contributed by atoms with Crippen LogP contribution in [-0.2, 0) is 0 Å². The van der Waals surface area contributed by atoms with Crippen molar-refractivity contribution in [3.63, 3.8) is 0 Å². The van der Waals surface area contributed by atoms with Gasteiger partial charge in [0.1, 0.15) is 11.3 Å². The van der Waals surface area contributed by atoms with E-state index in [1.54, 1.807) is 42.5 Å². The number of hydrazone groups is 1. The second-order valence-corrected chi connectivity index (χ2v) is 5.17. The third kappa shape index (κ3) is 4.92. The molecule has 25 heavy (non-hydrogen) atoms. The van der Waals surface area contributed by atoms with Gasteiger partial charge in [-0.3, -0.25) is 5.43 Å². The van der Waals surface area contributed by atoms with Crippen molar-refractivity contribution in [1.29, 1.82) is 0 Å². The molecule has 130 valence electrons. The highest BCUT2D eigenvalue weighted by Gasteiger charge is 2.16. The van der Waals surface area contributed by atoms with Crippen LogP contribution in [0.4, 0.5) is 0 Å². The summed E-state index contributed by atoms with van der Waals surface area (Å²) in [5.41, 5.74) is 8.76. The summed E-state index contributed by atoms with van der Waals surface area (Å²) in [4.78, 5) is 12.4. The summed E-state index contributed by atoms with van der Waals surface area (Å²) in [6.07, 6.45) is 1.51.